The van der Waals surface area contributed by atoms with E-state index in [2.05, 4.69) is 55.6 Å². The summed E-state index contributed by atoms with van der Waals surface area (Å²) >= 11 is 6.53. The largest absolute Gasteiger partial charge is 0.465 e. The molecule has 0 unspecified atom stereocenters. The van der Waals surface area contributed by atoms with Gasteiger partial charge in [0.25, 0.3) is 0 Å². The topological polar surface area (TPSA) is 38.3 Å². The lowest BCUT2D eigenvalue weighted by atomic mass is 9.75. The van der Waals surface area contributed by atoms with Gasteiger partial charge < -0.3 is 10.1 Å². The van der Waals surface area contributed by atoms with Gasteiger partial charge >= 0.3 is 5.97 Å². The van der Waals surface area contributed by atoms with Crippen LogP contribution in [-0.4, -0.2) is 13.1 Å². The van der Waals surface area contributed by atoms with E-state index in [4.69, 9.17) is 16.3 Å². The molecule has 1 heterocycles. The minimum atomic E-state index is -0.316. The molecule has 140 valence electrons. The van der Waals surface area contributed by atoms with Crippen LogP contribution in [0.4, 0.5) is 5.69 Å². The molecule has 0 saturated carbocycles. The third-order valence-corrected chi connectivity index (χ3v) is 6.15. The number of halogens is 1. The first kappa shape index (κ1) is 18.1. The van der Waals surface area contributed by atoms with Crippen LogP contribution in [0.25, 0.3) is 0 Å². The molecule has 0 bridgehead atoms. The molecular weight excluding hydrogens is 358 g/mol. The molecule has 2 aromatic carbocycles. The maximum absolute atomic E-state index is 12.3. The highest BCUT2D eigenvalue weighted by Gasteiger charge is 2.41. The van der Waals surface area contributed by atoms with E-state index in [0.29, 0.717) is 22.4 Å². The third-order valence-electron chi connectivity index (χ3n) is 5.84. The van der Waals surface area contributed by atoms with E-state index in [-0.39, 0.29) is 17.9 Å². The van der Waals surface area contributed by atoms with Gasteiger partial charge in [0.2, 0.25) is 0 Å². The average molecular weight is 382 g/mol. The molecular formula is C23H24ClNO2. The smallest absolute Gasteiger partial charge is 0.338 e. The van der Waals surface area contributed by atoms with Crippen LogP contribution in [0.15, 0.2) is 48.6 Å². The second-order valence-corrected chi connectivity index (χ2v) is 8.08. The number of esters is 1. The molecule has 0 fully saturated rings. The molecule has 0 radical (unpaired) electrons. The van der Waals surface area contributed by atoms with Crippen LogP contribution < -0.4 is 5.32 Å². The number of allylic oxidation sites excluding steroid dienone is 2. The van der Waals surface area contributed by atoms with Crippen LogP contribution in [0.3, 0.4) is 0 Å². The Morgan fingerprint density at radius 2 is 1.93 bits per heavy atom. The van der Waals surface area contributed by atoms with E-state index in [1.54, 1.807) is 12.1 Å². The van der Waals surface area contributed by atoms with Crippen molar-refractivity contribution in [2.75, 3.05) is 12.4 Å². The Balaban J connectivity index is 1.79. The van der Waals surface area contributed by atoms with Crippen molar-refractivity contribution in [1.29, 1.82) is 0 Å². The van der Waals surface area contributed by atoms with Gasteiger partial charge in [0.15, 0.2) is 0 Å². The highest BCUT2D eigenvalue weighted by atomic mass is 35.5. The van der Waals surface area contributed by atoms with Crippen molar-refractivity contribution in [3.8, 4) is 0 Å². The van der Waals surface area contributed by atoms with Gasteiger partial charge in [0.1, 0.15) is 0 Å². The van der Waals surface area contributed by atoms with Crippen molar-refractivity contribution in [3.05, 3.63) is 75.8 Å². The summed E-state index contributed by atoms with van der Waals surface area (Å²) in [6.45, 7) is 4.41. The number of methoxy groups -OCH3 is 1. The molecule has 2 aliphatic rings. The Hall–Kier alpha value is -2.26. The maximum atomic E-state index is 12.3. The normalized spacial score (nSPS) is 22.9. The fraction of sp³-hybridized carbons (Fsp3) is 0.348. The predicted octanol–water partition coefficient (Wildman–Crippen LogP) is 6.08. The summed E-state index contributed by atoms with van der Waals surface area (Å²) < 4.78 is 5.00. The summed E-state index contributed by atoms with van der Waals surface area (Å²) in [5.74, 6) is 0.702. The van der Waals surface area contributed by atoms with Crippen LogP contribution in [0.5, 0.6) is 0 Å². The minimum Gasteiger partial charge on any atom is -0.465 e. The Morgan fingerprint density at radius 3 is 2.59 bits per heavy atom. The molecule has 1 aliphatic heterocycles. The monoisotopic (exact) mass is 381 g/mol. The Kier molecular flexibility index (Phi) is 4.73. The van der Waals surface area contributed by atoms with Gasteiger partial charge in [-0.3, -0.25) is 0 Å². The van der Waals surface area contributed by atoms with Crippen molar-refractivity contribution < 1.29 is 9.53 Å². The van der Waals surface area contributed by atoms with Crippen molar-refractivity contribution in [2.45, 2.75) is 38.1 Å². The second kappa shape index (κ2) is 7.05. The zero-order valence-electron chi connectivity index (χ0n) is 15.8. The SMILES string of the molecule is COC(=O)c1ccc(Cl)c2c1[C@@H]1C=CC[C@@H]1[C@@H](c1ccc(C(C)C)cc1)N2. The van der Waals surface area contributed by atoms with Gasteiger partial charge in [-0.1, -0.05) is 61.9 Å². The molecule has 0 aromatic heterocycles. The number of rotatable bonds is 3. The van der Waals surface area contributed by atoms with Crippen molar-refractivity contribution in [3.63, 3.8) is 0 Å². The molecule has 4 rings (SSSR count). The van der Waals surface area contributed by atoms with Gasteiger partial charge in [0.05, 0.1) is 29.4 Å². The number of anilines is 1. The Morgan fingerprint density at radius 1 is 1.19 bits per heavy atom. The van der Waals surface area contributed by atoms with Crippen molar-refractivity contribution >= 4 is 23.3 Å². The quantitative estimate of drug-likeness (QED) is 0.517. The number of benzene rings is 2. The minimum absolute atomic E-state index is 0.156. The number of carbonyl (C=O) groups is 1. The Bertz CT molecular complexity index is 901. The number of hydrogen-bond acceptors (Lipinski definition) is 3. The Labute approximate surface area is 165 Å². The van der Waals surface area contributed by atoms with Gasteiger partial charge in [0, 0.05) is 5.92 Å². The number of nitrogens with one attached hydrogen (secondary N) is 1. The fourth-order valence-corrected chi connectivity index (χ4v) is 4.60. The summed E-state index contributed by atoms with van der Waals surface area (Å²) in [5.41, 5.74) is 5.00. The zero-order valence-corrected chi connectivity index (χ0v) is 16.6. The number of fused-ring (bicyclic) bond motifs is 3. The molecule has 1 aliphatic carbocycles. The molecule has 4 heteroatoms. The van der Waals surface area contributed by atoms with Gasteiger partial charge in [-0.2, -0.15) is 0 Å². The molecule has 0 saturated heterocycles. The van der Waals surface area contributed by atoms with E-state index in [1.807, 2.05) is 0 Å². The first-order valence-corrected chi connectivity index (χ1v) is 9.82. The second-order valence-electron chi connectivity index (χ2n) is 7.67. The molecule has 2 aromatic rings. The molecule has 0 spiro atoms. The van der Waals surface area contributed by atoms with Crippen molar-refractivity contribution in [2.24, 2.45) is 5.92 Å². The zero-order chi connectivity index (χ0) is 19.1. The van der Waals surface area contributed by atoms with E-state index >= 15 is 0 Å². The summed E-state index contributed by atoms with van der Waals surface area (Å²) in [5, 5.41) is 4.28. The molecule has 1 N–H and O–H groups in total. The lowest BCUT2D eigenvalue weighted by molar-refractivity contribution is 0.0598. The fourth-order valence-electron chi connectivity index (χ4n) is 4.38. The number of ether oxygens (including phenoxy) is 1. The maximum Gasteiger partial charge on any atom is 0.338 e. The third kappa shape index (κ3) is 3.04. The van der Waals surface area contributed by atoms with Crippen LogP contribution >= 0.6 is 11.6 Å². The molecule has 3 nitrogen and oxygen atoms in total. The standard InChI is InChI=1S/C23H24ClNO2/c1-13(2)14-7-9-15(10-8-14)21-17-6-4-5-16(17)20-18(23(26)27-3)11-12-19(24)22(20)25-21/h4-5,7-13,16-17,21,25H,6H2,1-3H3/t16-,17+,21-/m1/s1. The first-order chi connectivity index (χ1) is 13.0. The van der Waals surface area contributed by atoms with E-state index in [9.17, 15) is 4.79 Å². The van der Waals surface area contributed by atoms with Crippen LogP contribution in [0.1, 0.15) is 65.2 Å². The summed E-state index contributed by atoms with van der Waals surface area (Å²) in [6.07, 6.45) is 5.40. The number of hydrogen-bond donors (Lipinski definition) is 1. The van der Waals surface area contributed by atoms with Crippen LogP contribution in [-0.2, 0) is 4.74 Å². The highest BCUT2D eigenvalue weighted by Crippen LogP contribution is 2.52. The first-order valence-electron chi connectivity index (χ1n) is 9.45. The van der Waals surface area contributed by atoms with Gasteiger partial charge in [-0.05, 0) is 47.1 Å². The number of carbonyl (C=O) groups excluding carboxylic acids is 1. The van der Waals surface area contributed by atoms with E-state index < -0.39 is 0 Å². The predicted molar refractivity (Wildman–Crippen MR) is 110 cm³/mol. The average Bonchev–Trinajstić information content (AvgIpc) is 3.17. The highest BCUT2D eigenvalue weighted by molar-refractivity contribution is 6.33. The van der Waals surface area contributed by atoms with Gasteiger partial charge in [-0.15, -0.1) is 0 Å². The molecule has 0 amide bonds. The lowest BCUT2D eigenvalue weighted by Crippen LogP contribution is -2.30. The molecule has 3 atom stereocenters. The van der Waals surface area contributed by atoms with E-state index in [1.165, 1.54) is 18.2 Å². The summed E-state index contributed by atoms with van der Waals surface area (Å²) in [7, 11) is 1.42. The van der Waals surface area contributed by atoms with Crippen LogP contribution in [0.2, 0.25) is 5.02 Å². The van der Waals surface area contributed by atoms with Crippen LogP contribution in [0, 0.1) is 5.92 Å². The summed E-state index contributed by atoms with van der Waals surface area (Å²) in [6, 6.07) is 12.6. The van der Waals surface area contributed by atoms with Gasteiger partial charge in [-0.25, -0.2) is 4.79 Å². The lowest BCUT2D eigenvalue weighted by Gasteiger charge is -2.38. The van der Waals surface area contributed by atoms with E-state index in [0.717, 1.165) is 17.7 Å². The van der Waals surface area contributed by atoms with Crippen molar-refractivity contribution in [1.82, 2.24) is 0 Å². The summed E-state index contributed by atoms with van der Waals surface area (Å²) in [4.78, 5) is 12.3. The molecule has 27 heavy (non-hydrogen) atoms.